The minimum atomic E-state index is 0.253. The highest BCUT2D eigenvalue weighted by atomic mass is 16.5. The van der Waals surface area contributed by atoms with E-state index in [9.17, 15) is 4.79 Å². The highest BCUT2D eigenvalue weighted by molar-refractivity contribution is 5.75. The SMILES string of the molecule is O=C(CCC1CCCC1)NCC1CCOCC1. The summed E-state index contributed by atoms with van der Waals surface area (Å²) in [4.78, 5) is 11.7. The summed E-state index contributed by atoms with van der Waals surface area (Å²) < 4.78 is 5.31. The molecule has 1 saturated carbocycles. The van der Waals surface area contributed by atoms with Crippen molar-refractivity contribution in [1.82, 2.24) is 5.32 Å². The molecule has 0 aromatic carbocycles. The van der Waals surface area contributed by atoms with Crippen molar-refractivity contribution in [2.45, 2.75) is 51.4 Å². The second-order valence-corrected chi connectivity index (χ2v) is 5.55. The second-order valence-electron chi connectivity index (χ2n) is 5.55. The maximum absolute atomic E-state index is 11.7. The molecule has 1 aliphatic heterocycles. The highest BCUT2D eigenvalue weighted by Gasteiger charge is 2.17. The molecule has 1 saturated heterocycles. The van der Waals surface area contributed by atoms with Gasteiger partial charge in [-0.15, -0.1) is 0 Å². The number of nitrogens with one attached hydrogen (secondary N) is 1. The van der Waals surface area contributed by atoms with Gasteiger partial charge < -0.3 is 10.1 Å². The van der Waals surface area contributed by atoms with E-state index in [4.69, 9.17) is 4.74 Å². The summed E-state index contributed by atoms with van der Waals surface area (Å²) in [7, 11) is 0. The van der Waals surface area contributed by atoms with Crippen molar-refractivity contribution in [3.8, 4) is 0 Å². The van der Waals surface area contributed by atoms with Gasteiger partial charge in [-0.05, 0) is 31.1 Å². The molecular weight excluding hydrogens is 214 g/mol. The molecule has 0 aromatic heterocycles. The van der Waals surface area contributed by atoms with E-state index in [2.05, 4.69) is 5.32 Å². The van der Waals surface area contributed by atoms with Crippen molar-refractivity contribution in [1.29, 1.82) is 0 Å². The zero-order chi connectivity index (χ0) is 11.9. The van der Waals surface area contributed by atoms with Crippen LogP contribution in [0.15, 0.2) is 0 Å². The average Bonchev–Trinajstić information content (AvgIpc) is 2.88. The smallest absolute Gasteiger partial charge is 0.220 e. The van der Waals surface area contributed by atoms with Crippen molar-refractivity contribution >= 4 is 5.91 Å². The summed E-state index contributed by atoms with van der Waals surface area (Å²) in [5, 5.41) is 3.08. The zero-order valence-electron chi connectivity index (χ0n) is 10.7. The Morgan fingerprint density at radius 3 is 2.47 bits per heavy atom. The average molecular weight is 239 g/mol. The highest BCUT2D eigenvalue weighted by Crippen LogP contribution is 2.28. The Morgan fingerprint density at radius 2 is 1.76 bits per heavy atom. The lowest BCUT2D eigenvalue weighted by atomic mass is 9.99. The zero-order valence-corrected chi connectivity index (χ0v) is 10.7. The van der Waals surface area contributed by atoms with Crippen LogP contribution in [0.5, 0.6) is 0 Å². The molecule has 17 heavy (non-hydrogen) atoms. The van der Waals surface area contributed by atoms with Crippen molar-refractivity contribution < 1.29 is 9.53 Å². The van der Waals surface area contributed by atoms with Gasteiger partial charge >= 0.3 is 0 Å². The van der Waals surface area contributed by atoms with E-state index in [1.807, 2.05) is 0 Å². The monoisotopic (exact) mass is 239 g/mol. The molecule has 3 nitrogen and oxygen atoms in total. The molecule has 2 rings (SSSR count). The Bertz CT molecular complexity index is 230. The molecule has 98 valence electrons. The van der Waals surface area contributed by atoms with Gasteiger partial charge in [-0.1, -0.05) is 25.7 Å². The Kier molecular flexibility index (Phi) is 5.30. The van der Waals surface area contributed by atoms with Gasteiger partial charge in [0.2, 0.25) is 5.91 Å². The van der Waals surface area contributed by atoms with E-state index in [0.29, 0.717) is 5.92 Å². The fourth-order valence-corrected chi connectivity index (χ4v) is 2.93. The summed E-state index contributed by atoms with van der Waals surface area (Å²) in [5.74, 6) is 1.71. The van der Waals surface area contributed by atoms with Gasteiger partial charge in [-0.2, -0.15) is 0 Å². The summed E-state index contributed by atoms with van der Waals surface area (Å²) in [5.41, 5.74) is 0. The standard InChI is InChI=1S/C14H25NO2/c16-14(6-5-12-3-1-2-4-12)15-11-13-7-9-17-10-8-13/h12-13H,1-11H2,(H,15,16). The van der Waals surface area contributed by atoms with Gasteiger partial charge in [0.25, 0.3) is 0 Å². The first-order valence-electron chi connectivity index (χ1n) is 7.19. The van der Waals surface area contributed by atoms with Crippen LogP contribution in [0.2, 0.25) is 0 Å². The molecule has 0 atom stereocenters. The third-order valence-electron chi connectivity index (χ3n) is 4.18. The predicted molar refractivity (Wildman–Crippen MR) is 67.7 cm³/mol. The Labute approximate surface area is 104 Å². The third-order valence-corrected chi connectivity index (χ3v) is 4.18. The van der Waals surface area contributed by atoms with Crippen LogP contribution in [-0.4, -0.2) is 25.7 Å². The molecule has 0 unspecified atom stereocenters. The minimum absolute atomic E-state index is 0.253. The molecular formula is C14H25NO2. The van der Waals surface area contributed by atoms with Crippen LogP contribution in [-0.2, 0) is 9.53 Å². The number of hydrogen-bond acceptors (Lipinski definition) is 2. The number of rotatable bonds is 5. The first kappa shape index (κ1) is 12.9. The van der Waals surface area contributed by atoms with E-state index in [0.717, 1.165) is 51.4 Å². The van der Waals surface area contributed by atoms with E-state index in [1.165, 1.54) is 25.7 Å². The van der Waals surface area contributed by atoms with Crippen LogP contribution >= 0.6 is 0 Å². The van der Waals surface area contributed by atoms with E-state index < -0.39 is 0 Å². The van der Waals surface area contributed by atoms with Crippen LogP contribution in [0.25, 0.3) is 0 Å². The van der Waals surface area contributed by atoms with Gasteiger partial charge in [0, 0.05) is 26.2 Å². The number of carbonyl (C=O) groups is 1. The van der Waals surface area contributed by atoms with E-state index >= 15 is 0 Å². The molecule has 2 fully saturated rings. The first-order valence-corrected chi connectivity index (χ1v) is 7.19. The van der Waals surface area contributed by atoms with Crippen LogP contribution in [0.1, 0.15) is 51.4 Å². The molecule has 0 aromatic rings. The van der Waals surface area contributed by atoms with Crippen molar-refractivity contribution in [2.24, 2.45) is 11.8 Å². The molecule has 0 radical (unpaired) electrons. The number of amides is 1. The van der Waals surface area contributed by atoms with Crippen molar-refractivity contribution in [2.75, 3.05) is 19.8 Å². The van der Waals surface area contributed by atoms with Crippen LogP contribution in [0.3, 0.4) is 0 Å². The number of ether oxygens (including phenoxy) is 1. The molecule has 0 spiro atoms. The van der Waals surface area contributed by atoms with E-state index in [-0.39, 0.29) is 5.91 Å². The van der Waals surface area contributed by atoms with Crippen molar-refractivity contribution in [3.63, 3.8) is 0 Å². The number of hydrogen-bond donors (Lipinski definition) is 1. The lowest BCUT2D eigenvalue weighted by molar-refractivity contribution is -0.121. The van der Waals surface area contributed by atoms with Gasteiger partial charge in [0.15, 0.2) is 0 Å². The number of carbonyl (C=O) groups excluding carboxylic acids is 1. The van der Waals surface area contributed by atoms with Gasteiger partial charge in [-0.3, -0.25) is 4.79 Å². The fourth-order valence-electron chi connectivity index (χ4n) is 2.93. The topological polar surface area (TPSA) is 38.3 Å². The quantitative estimate of drug-likeness (QED) is 0.800. The van der Waals surface area contributed by atoms with Crippen molar-refractivity contribution in [3.05, 3.63) is 0 Å². The van der Waals surface area contributed by atoms with Gasteiger partial charge in [0.05, 0.1) is 0 Å². The molecule has 1 aliphatic carbocycles. The summed E-state index contributed by atoms with van der Waals surface area (Å²) in [6, 6.07) is 0. The molecule has 1 N–H and O–H groups in total. The minimum Gasteiger partial charge on any atom is -0.381 e. The largest absolute Gasteiger partial charge is 0.381 e. The molecule has 1 amide bonds. The Balaban J connectivity index is 1.53. The maximum atomic E-state index is 11.7. The Hall–Kier alpha value is -0.570. The first-order chi connectivity index (χ1) is 8.34. The van der Waals surface area contributed by atoms with Crippen LogP contribution in [0.4, 0.5) is 0 Å². The lowest BCUT2D eigenvalue weighted by Crippen LogP contribution is -2.32. The molecule has 0 bridgehead atoms. The normalized spacial score (nSPS) is 22.8. The maximum Gasteiger partial charge on any atom is 0.220 e. The fraction of sp³-hybridized carbons (Fsp3) is 0.929. The second kappa shape index (κ2) is 7.00. The Morgan fingerprint density at radius 1 is 1.06 bits per heavy atom. The van der Waals surface area contributed by atoms with E-state index in [1.54, 1.807) is 0 Å². The molecule has 3 heteroatoms. The summed E-state index contributed by atoms with van der Waals surface area (Å²) in [6.07, 6.45) is 9.45. The lowest BCUT2D eigenvalue weighted by Gasteiger charge is -2.22. The third kappa shape index (κ3) is 4.66. The molecule has 1 heterocycles. The summed E-state index contributed by atoms with van der Waals surface area (Å²) >= 11 is 0. The predicted octanol–water partition coefficient (Wildman–Crippen LogP) is 2.50. The van der Waals surface area contributed by atoms with Gasteiger partial charge in [-0.25, -0.2) is 0 Å². The van der Waals surface area contributed by atoms with Crippen LogP contribution in [0, 0.1) is 11.8 Å². The molecule has 2 aliphatic rings. The summed E-state index contributed by atoms with van der Waals surface area (Å²) in [6.45, 7) is 2.58. The van der Waals surface area contributed by atoms with Crippen LogP contribution < -0.4 is 5.32 Å². The van der Waals surface area contributed by atoms with Gasteiger partial charge in [0.1, 0.15) is 0 Å².